The van der Waals surface area contributed by atoms with Crippen LogP contribution in [0.5, 0.6) is 5.88 Å². The van der Waals surface area contributed by atoms with Crippen molar-refractivity contribution in [3.8, 4) is 23.2 Å². The summed E-state index contributed by atoms with van der Waals surface area (Å²) in [5, 5.41) is 24.5. The molecular formula is C19H12F2N4O. The first-order valence-corrected chi connectivity index (χ1v) is 7.84. The Bertz CT molecular complexity index is 1040. The number of nitrogens with one attached hydrogen (secondary N) is 2. The highest BCUT2D eigenvalue weighted by atomic mass is 19.2. The van der Waals surface area contributed by atoms with Gasteiger partial charge in [0.2, 0.25) is 11.8 Å². The highest BCUT2D eigenvalue weighted by Crippen LogP contribution is 2.45. The van der Waals surface area contributed by atoms with Gasteiger partial charge in [-0.05, 0) is 23.3 Å². The molecule has 0 saturated heterocycles. The second-order valence-electron chi connectivity index (χ2n) is 5.91. The average Bonchev–Trinajstić information content (AvgIpc) is 3.07. The van der Waals surface area contributed by atoms with E-state index in [9.17, 15) is 14.0 Å². The zero-order chi connectivity index (χ0) is 18.3. The first kappa shape index (κ1) is 16.0. The minimum atomic E-state index is -1.01. The van der Waals surface area contributed by atoms with Crippen LogP contribution in [-0.2, 0) is 0 Å². The topological polar surface area (TPSA) is 85.6 Å². The zero-order valence-corrected chi connectivity index (χ0v) is 13.3. The van der Waals surface area contributed by atoms with E-state index in [-0.39, 0.29) is 11.8 Å². The Morgan fingerprint density at radius 1 is 1.12 bits per heavy atom. The number of rotatable bonds is 2. The summed E-state index contributed by atoms with van der Waals surface area (Å²) in [4.78, 5) is 0. The van der Waals surface area contributed by atoms with Gasteiger partial charge in [0.25, 0.3) is 0 Å². The third-order valence-corrected chi connectivity index (χ3v) is 4.41. The van der Waals surface area contributed by atoms with Crippen LogP contribution in [0.25, 0.3) is 11.3 Å². The summed E-state index contributed by atoms with van der Waals surface area (Å²) < 4.78 is 32.6. The predicted octanol–water partition coefficient (Wildman–Crippen LogP) is 4.00. The number of nitrogens with zero attached hydrogens (tertiary/aromatic N) is 2. The number of aromatic amines is 1. The molecule has 0 aliphatic carbocycles. The molecule has 2 atom stereocenters. The number of fused-ring (bicyclic) bond motifs is 1. The van der Waals surface area contributed by atoms with Gasteiger partial charge in [-0.15, -0.1) is 5.10 Å². The molecule has 2 N–H and O–H groups in total. The summed E-state index contributed by atoms with van der Waals surface area (Å²) in [5.41, 5.74) is 2.35. The fraction of sp³-hybridized carbons (Fsp3) is 0.105. The average molecular weight is 350 g/mol. The molecule has 26 heavy (non-hydrogen) atoms. The molecule has 0 radical (unpaired) electrons. The Morgan fingerprint density at radius 2 is 1.88 bits per heavy atom. The summed E-state index contributed by atoms with van der Waals surface area (Å²) in [6.45, 7) is 0. The highest BCUT2D eigenvalue weighted by Gasteiger charge is 2.41. The van der Waals surface area contributed by atoms with Gasteiger partial charge in [0.15, 0.2) is 11.6 Å². The third kappa shape index (κ3) is 2.43. The van der Waals surface area contributed by atoms with E-state index < -0.39 is 23.5 Å². The van der Waals surface area contributed by atoms with Crippen molar-refractivity contribution in [3.05, 3.63) is 71.3 Å². The molecule has 5 nitrogen and oxygen atoms in total. The van der Waals surface area contributed by atoms with E-state index in [4.69, 9.17) is 10.1 Å². The summed E-state index contributed by atoms with van der Waals surface area (Å²) >= 11 is 0. The lowest BCUT2D eigenvalue weighted by Gasteiger charge is -2.28. The number of H-pyrrole nitrogens is 1. The van der Waals surface area contributed by atoms with Gasteiger partial charge in [-0.1, -0.05) is 36.4 Å². The quantitative estimate of drug-likeness (QED) is 0.732. The van der Waals surface area contributed by atoms with Crippen molar-refractivity contribution >= 4 is 5.90 Å². The van der Waals surface area contributed by atoms with Gasteiger partial charge in [0, 0.05) is 5.92 Å². The number of aromatic nitrogens is 2. The number of benzene rings is 2. The normalized spacial score (nSPS) is 18.7. The van der Waals surface area contributed by atoms with Gasteiger partial charge in [0.05, 0.1) is 17.3 Å². The number of ether oxygens (including phenoxy) is 1. The van der Waals surface area contributed by atoms with Crippen molar-refractivity contribution in [1.29, 1.82) is 10.7 Å². The number of nitriles is 1. The van der Waals surface area contributed by atoms with Gasteiger partial charge in [0.1, 0.15) is 5.92 Å². The highest BCUT2D eigenvalue weighted by molar-refractivity contribution is 5.86. The van der Waals surface area contributed by atoms with E-state index in [0.29, 0.717) is 16.8 Å². The van der Waals surface area contributed by atoms with E-state index in [1.165, 1.54) is 6.07 Å². The Morgan fingerprint density at radius 3 is 2.58 bits per heavy atom. The van der Waals surface area contributed by atoms with Crippen LogP contribution in [0.3, 0.4) is 0 Å². The second-order valence-corrected chi connectivity index (χ2v) is 5.91. The van der Waals surface area contributed by atoms with Crippen LogP contribution in [0.1, 0.15) is 17.0 Å². The molecule has 2 aromatic carbocycles. The largest absolute Gasteiger partial charge is 0.422 e. The smallest absolute Gasteiger partial charge is 0.244 e. The lowest BCUT2D eigenvalue weighted by atomic mass is 9.79. The Balaban J connectivity index is 1.95. The lowest BCUT2D eigenvalue weighted by molar-refractivity contribution is 0.435. The maximum atomic E-state index is 13.8. The first-order valence-electron chi connectivity index (χ1n) is 7.84. The third-order valence-electron chi connectivity index (χ3n) is 4.41. The van der Waals surface area contributed by atoms with Gasteiger partial charge in [-0.3, -0.25) is 10.5 Å². The van der Waals surface area contributed by atoms with Crippen LogP contribution in [0.4, 0.5) is 8.78 Å². The van der Waals surface area contributed by atoms with Crippen molar-refractivity contribution in [2.24, 2.45) is 5.92 Å². The van der Waals surface area contributed by atoms with Crippen LogP contribution in [0, 0.1) is 34.3 Å². The fourth-order valence-corrected chi connectivity index (χ4v) is 3.21. The van der Waals surface area contributed by atoms with Crippen molar-refractivity contribution in [1.82, 2.24) is 10.2 Å². The summed E-state index contributed by atoms with van der Waals surface area (Å²) in [5.74, 6) is -3.78. The molecule has 0 bridgehead atoms. The van der Waals surface area contributed by atoms with E-state index in [1.54, 1.807) is 0 Å². The molecule has 0 amide bonds. The Labute approximate surface area is 147 Å². The van der Waals surface area contributed by atoms with Gasteiger partial charge >= 0.3 is 0 Å². The zero-order valence-electron chi connectivity index (χ0n) is 13.3. The minimum absolute atomic E-state index is 0.162. The maximum absolute atomic E-state index is 13.8. The first-order chi connectivity index (χ1) is 12.6. The SMILES string of the molecule is N#CC1C(=N)Oc2n[nH]c(-c3ccccc3)c2C1c1ccc(F)c(F)c1. The molecule has 2 heterocycles. The van der Waals surface area contributed by atoms with E-state index in [2.05, 4.69) is 10.2 Å². The molecule has 0 fully saturated rings. The molecule has 1 aliphatic heterocycles. The van der Waals surface area contributed by atoms with Gasteiger partial charge in [-0.2, -0.15) is 5.26 Å². The lowest BCUT2D eigenvalue weighted by Crippen LogP contribution is -2.31. The summed E-state index contributed by atoms with van der Waals surface area (Å²) in [6.07, 6.45) is 0. The number of hydrogen-bond donors (Lipinski definition) is 2. The Kier molecular flexibility index (Phi) is 3.73. The number of hydrogen-bond acceptors (Lipinski definition) is 4. The van der Waals surface area contributed by atoms with Crippen LogP contribution < -0.4 is 4.74 Å². The van der Waals surface area contributed by atoms with Crippen LogP contribution >= 0.6 is 0 Å². The van der Waals surface area contributed by atoms with E-state index in [0.717, 1.165) is 17.7 Å². The van der Waals surface area contributed by atoms with Crippen molar-refractivity contribution in [3.63, 3.8) is 0 Å². The molecule has 128 valence electrons. The molecular weight excluding hydrogens is 338 g/mol. The van der Waals surface area contributed by atoms with Gasteiger partial charge in [-0.25, -0.2) is 8.78 Å². The predicted molar refractivity (Wildman–Crippen MR) is 89.7 cm³/mol. The van der Waals surface area contributed by atoms with E-state index in [1.807, 2.05) is 36.4 Å². The molecule has 7 heteroatoms. The standard InChI is InChI=1S/C19H12F2N4O/c20-13-7-6-11(8-14(13)21)15-12(9-22)18(23)26-19-16(15)17(24-25-19)10-4-2-1-3-5-10/h1-8,12,15,23H,(H,24,25). The van der Waals surface area contributed by atoms with E-state index >= 15 is 0 Å². The monoisotopic (exact) mass is 350 g/mol. The molecule has 3 aromatic rings. The Hall–Kier alpha value is -3.53. The number of halogens is 2. The molecule has 1 aliphatic rings. The molecule has 1 aromatic heterocycles. The van der Waals surface area contributed by atoms with Crippen molar-refractivity contribution in [2.45, 2.75) is 5.92 Å². The van der Waals surface area contributed by atoms with Crippen LogP contribution in [0.2, 0.25) is 0 Å². The molecule has 0 spiro atoms. The fourth-order valence-electron chi connectivity index (χ4n) is 3.21. The van der Waals surface area contributed by atoms with Crippen molar-refractivity contribution < 1.29 is 13.5 Å². The molecule has 0 saturated carbocycles. The molecule has 2 unspecified atom stereocenters. The summed E-state index contributed by atoms with van der Waals surface area (Å²) in [6, 6.07) is 14.8. The minimum Gasteiger partial charge on any atom is -0.422 e. The molecule has 4 rings (SSSR count). The van der Waals surface area contributed by atoms with Gasteiger partial charge < -0.3 is 4.74 Å². The second kappa shape index (κ2) is 6.08. The summed E-state index contributed by atoms with van der Waals surface area (Å²) in [7, 11) is 0. The maximum Gasteiger partial charge on any atom is 0.244 e. The van der Waals surface area contributed by atoms with Crippen LogP contribution in [-0.4, -0.2) is 16.1 Å². The van der Waals surface area contributed by atoms with Crippen LogP contribution in [0.15, 0.2) is 48.5 Å². The van der Waals surface area contributed by atoms with Crippen molar-refractivity contribution in [2.75, 3.05) is 0 Å².